The van der Waals surface area contributed by atoms with Crippen molar-refractivity contribution in [1.82, 2.24) is 5.32 Å². The summed E-state index contributed by atoms with van der Waals surface area (Å²) in [5, 5.41) is 2.73. The Kier molecular flexibility index (Phi) is 6.39. The SMILES string of the molecule is COc1cccc(C(=O)OC(C)C(=O)NCc2ccccc2)c1OC. The zero-order valence-corrected chi connectivity index (χ0v) is 14.4. The fraction of sp³-hybridized carbons (Fsp3) is 0.263. The molecule has 1 atom stereocenters. The van der Waals surface area contributed by atoms with Crippen LogP contribution in [0, 0.1) is 0 Å². The molecule has 0 spiro atoms. The molecule has 1 amide bonds. The van der Waals surface area contributed by atoms with Crippen molar-refractivity contribution in [3.63, 3.8) is 0 Å². The lowest BCUT2D eigenvalue weighted by atomic mass is 10.2. The number of esters is 1. The van der Waals surface area contributed by atoms with Crippen molar-refractivity contribution >= 4 is 11.9 Å². The average molecular weight is 343 g/mol. The van der Waals surface area contributed by atoms with Crippen molar-refractivity contribution in [2.75, 3.05) is 14.2 Å². The Bertz CT molecular complexity index is 730. The van der Waals surface area contributed by atoms with Crippen molar-refractivity contribution in [2.24, 2.45) is 0 Å². The van der Waals surface area contributed by atoms with Crippen molar-refractivity contribution in [1.29, 1.82) is 0 Å². The lowest BCUT2D eigenvalue weighted by Crippen LogP contribution is -2.35. The lowest BCUT2D eigenvalue weighted by molar-refractivity contribution is -0.129. The quantitative estimate of drug-likeness (QED) is 0.782. The predicted molar refractivity (Wildman–Crippen MR) is 92.7 cm³/mol. The van der Waals surface area contributed by atoms with Crippen molar-refractivity contribution in [3.05, 3.63) is 59.7 Å². The van der Waals surface area contributed by atoms with Crippen LogP contribution in [0.4, 0.5) is 0 Å². The van der Waals surface area contributed by atoms with E-state index in [1.807, 2.05) is 30.3 Å². The van der Waals surface area contributed by atoms with Crippen LogP contribution in [0.25, 0.3) is 0 Å². The summed E-state index contributed by atoms with van der Waals surface area (Å²) in [5.41, 5.74) is 1.16. The van der Waals surface area contributed by atoms with Gasteiger partial charge in [-0.1, -0.05) is 36.4 Å². The van der Waals surface area contributed by atoms with E-state index in [0.717, 1.165) is 5.56 Å². The van der Waals surface area contributed by atoms with Gasteiger partial charge in [0.15, 0.2) is 17.6 Å². The third-order valence-corrected chi connectivity index (χ3v) is 3.59. The standard InChI is InChI=1S/C19H21NO5/c1-13(18(21)20-12-14-8-5-4-6-9-14)25-19(22)15-10-7-11-16(23-2)17(15)24-3/h4-11,13H,12H2,1-3H3,(H,20,21). The molecule has 1 unspecified atom stereocenters. The summed E-state index contributed by atoms with van der Waals surface area (Å²) >= 11 is 0. The first-order chi connectivity index (χ1) is 12.1. The number of hydrogen-bond donors (Lipinski definition) is 1. The van der Waals surface area contributed by atoms with Gasteiger partial charge in [0.1, 0.15) is 5.56 Å². The van der Waals surface area contributed by atoms with Crippen molar-refractivity contribution in [3.8, 4) is 11.5 Å². The Morgan fingerprint density at radius 2 is 1.72 bits per heavy atom. The van der Waals surface area contributed by atoms with Crippen LogP contribution >= 0.6 is 0 Å². The molecule has 0 saturated carbocycles. The van der Waals surface area contributed by atoms with Gasteiger partial charge in [-0.3, -0.25) is 4.79 Å². The maximum atomic E-state index is 12.3. The van der Waals surface area contributed by atoms with Gasteiger partial charge in [0.2, 0.25) is 0 Å². The molecule has 2 aromatic carbocycles. The third kappa shape index (κ3) is 4.73. The molecule has 0 aliphatic carbocycles. The van der Waals surface area contributed by atoms with Crippen LogP contribution in [0.2, 0.25) is 0 Å². The van der Waals surface area contributed by atoms with E-state index in [0.29, 0.717) is 12.3 Å². The van der Waals surface area contributed by atoms with Crippen LogP contribution in [-0.2, 0) is 16.1 Å². The largest absolute Gasteiger partial charge is 0.493 e. The van der Waals surface area contributed by atoms with Gasteiger partial charge in [-0.05, 0) is 24.6 Å². The van der Waals surface area contributed by atoms with Gasteiger partial charge in [0, 0.05) is 6.54 Å². The highest BCUT2D eigenvalue weighted by molar-refractivity contribution is 5.95. The number of hydrogen-bond acceptors (Lipinski definition) is 5. The molecule has 25 heavy (non-hydrogen) atoms. The van der Waals surface area contributed by atoms with Crippen LogP contribution < -0.4 is 14.8 Å². The fourth-order valence-electron chi connectivity index (χ4n) is 2.25. The molecule has 0 saturated heterocycles. The van der Waals surface area contributed by atoms with Gasteiger partial charge in [-0.15, -0.1) is 0 Å². The monoisotopic (exact) mass is 343 g/mol. The summed E-state index contributed by atoms with van der Waals surface area (Å²) < 4.78 is 15.6. The van der Waals surface area contributed by atoms with Gasteiger partial charge in [0.25, 0.3) is 5.91 Å². The summed E-state index contributed by atoms with van der Waals surface area (Å²) in [6.07, 6.45) is -0.938. The summed E-state index contributed by atoms with van der Waals surface area (Å²) in [6.45, 7) is 1.88. The number of amides is 1. The van der Waals surface area contributed by atoms with Crippen LogP contribution in [0.15, 0.2) is 48.5 Å². The molecule has 132 valence electrons. The second-order valence-corrected chi connectivity index (χ2v) is 5.29. The summed E-state index contributed by atoms with van der Waals surface area (Å²) in [4.78, 5) is 24.5. The molecule has 6 nitrogen and oxygen atoms in total. The van der Waals surface area contributed by atoms with Crippen LogP contribution in [-0.4, -0.2) is 32.2 Å². The molecule has 0 aliphatic heterocycles. The number of ether oxygens (including phenoxy) is 3. The van der Waals surface area contributed by atoms with Crippen LogP contribution in [0.1, 0.15) is 22.8 Å². The number of methoxy groups -OCH3 is 2. The minimum Gasteiger partial charge on any atom is -0.493 e. The van der Waals surface area contributed by atoms with E-state index in [1.54, 1.807) is 18.2 Å². The number of benzene rings is 2. The molecular formula is C19H21NO5. The Balaban J connectivity index is 1.99. The van der Waals surface area contributed by atoms with Gasteiger partial charge in [-0.25, -0.2) is 4.79 Å². The van der Waals surface area contributed by atoms with Gasteiger partial charge < -0.3 is 19.5 Å². The predicted octanol–water partition coefficient (Wildman–Crippen LogP) is 2.57. The first-order valence-corrected chi connectivity index (χ1v) is 7.80. The smallest absolute Gasteiger partial charge is 0.342 e. The van der Waals surface area contributed by atoms with E-state index in [2.05, 4.69) is 5.32 Å². The van der Waals surface area contributed by atoms with E-state index in [4.69, 9.17) is 14.2 Å². The maximum absolute atomic E-state index is 12.3. The summed E-state index contributed by atoms with van der Waals surface area (Å²) in [6, 6.07) is 14.4. The number of nitrogens with one attached hydrogen (secondary N) is 1. The highest BCUT2D eigenvalue weighted by Gasteiger charge is 2.22. The molecule has 0 fully saturated rings. The molecule has 0 aromatic heterocycles. The Morgan fingerprint density at radius 3 is 2.36 bits per heavy atom. The number of carbonyl (C=O) groups excluding carboxylic acids is 2. The molecule has 1 N–H and O–H groups in total. The topological polar surface area (TPSA) is 73.9 Å². The Morgan fingerprint density at radius 1 is 1.00 bits per heavy atom. The minimum absolute atomic E-state index is 0.199. The second-order valence-electron chi connectivity index (χ2n) is 5.29. The molecule has 0 bridgehead atoms. The molecule has 0 radical (unpaired) electrons. The molecule has 2 aromatic rings. The molecular weight excluding hydrogens is 322 g/mol. The lowest BCUT2D eigenvalue weighted by Gasteiger charge is -2.16. The third-order valence-electron chi connectivity index (χ3n) is 3.59. The minimum atomic E-state index is -0.938. The molecule has 0 aliphatic rings. The van der Waals surface area contributed by atoms with Gasteiger partial charge in [-0.2, -0.15) is 0 Å². The highest BCUT2D eigenvalue weighted by atomic mass is 16.6. The van der Waals surface area contributed by atoms with Crippen molar-refractivity contribution in [2.45, 2.75) is 19.6 Å². The number of rotatable bonds is 7. The summed E-state index contributed by atoms with van der Waals surface area (Å²) in [5.74, 6) is -0.345. The number of carbonyl (C=O) groups is 2. The van der Waals surface area contributed by atoms with E-state index in [-0.39, 0.29) is 17.2 Å². The average Bonchev–Trinajstić information content (AvgIpc) is 2.65. The van der Waals surface area contributed by atoms with E-state index in [1.165, 1.54) is 21.1 Å². The van der Waals surface area contributed by atoms with Gasteiger partial charge >= 0.3 is 5.97 Å². The normalized spacial score (nSPS) is 11.3. The van der Waals surface area contributed by atoms with E-state index < -0.39 is 12.1 Å². The Hall–Kier alpha value is -3.02. The molecule has 2 rings (SSSR count). The first kappa shape index (κ1) is 18.3. The Labute approximate surface area is 146 Å². The van der Waals surface area contributed by atoms with Crippen LogP contribution in [0.5, 0.6) is 11.5 Å². The molecule has 6 heteroatoms. The zero-order valence-electron chi connectivity index (χ0n) is 14.4. The number of para-hydroxylation sites is 1. The first-order valence-electron chi connectivity index (χ1n) is 7.80. The second kappa shape index (κ2) is 8.73. The zero-order chi connectivity index (χ0) is 18.2. The van der Waals surface area contributed by atoms with Crippen LogP contribution in [0.3, 0.4) is 0 Å². The van der Waals surface area contributed by atoms with Gasteiger partial charge in [0.05, 0.1) is 14.2 Å². The maximum Gasteiger partial charge on any atom is 0.342 e. The highest BCUT2D eigenvalue weighted by Crippen LogP contribution is 2.31. The summed E-state index contributed by atoms with van der Waals surface area (Å²) in [7, 11) is 2.91. The fourth-order valence-corrected chi connectivity index (χ4v) is 2.25. The van der Waals surface area contributed by atoms with Crippen molar-refractivity contribution < 1.29 is 23.8 Å². The molecule has 0 heterocycles. The van der Waals surface area contributed by atoms with E-state index in [9.17, 15) is 9.59 Å². The van der Waals surface area contributed by atoms with E-state index >= 15 is 0 Å².